The molecule has 0 bridgehead atoms. The minimum Gasteiger partial charge on any atom is -0.389 e. The molecule has 0 spiro atoms. The quantitative estimate of drug-likeness (QED) is 0.620. The highest BCUT2D eigenvalue weighted by molar-refractivity contribution is 5.94. The SMILES string of the molecule is COCC(O)CN(C)C(=O)c1cc(C)cc([N+](=O)[O-])c1. The molecule has 7 nitrogen and oxygen atoms in total. The summed E-state index contributed by atoms with van der Waals surface area (Å²) in [5.74, 6) is -0.382. The third kappa shape index (κ3) is 4.29. The molecule has 110 valence electrons. The van der Waals surface area contributed by atoms with Gasteiger partial charge in [-0.3, -0.25) is 14.9 Å². The van der Waals surface area contributed by atoms with Crippen molar-refractivity contribution in [2.75, 3.05) is 27.3 Å². The zero-order valence-corrected chi connectivity index (χ0v) is 11.7. The summed E-state index contributed by atoms with van der Waals surface area (Å²) in [4.78, 5) is 23.7. The number of nitro benzene ring substituents is 1. The number of aliphatic hydroxyl groups is 1. The number of benzene rings is 1. The van der Waals surface area contributed by atoms with Gasteiger partial charge in [-0.15, -0.1) is 0 Å². The predicted octanol–water partition coefficient (Wildman–Crippen LogP) is 0.983. The van der Waals surface area contributed by atoms with Crippen molar-refractivity contribution in [2.45, 2.75) is 13.0 Å². The minimum atomic E-state index is -0.797. The number of nitro groups is 1. The van der Waals surface area contributed by atoms with Crippen molar-refractivity contribution < 1.29 is 19.6 Å². The number of aryl methyl sites for hydroxylation is 1. The topological polar surface area (TPSA) is 92.9 Å². The first-order valence-electron chi connectivity index (χ1n) is 6.03. The van der Waals surface area contributed by atoms with Gasteiger partial charge >= 0.3 is 0 Å². The van der Waals surface area contributed by atoms with Crippen LogP contribution < -0.4 is 0 Å². The summed E-state index contributed by atoms with van der Waals surface area (Å²) in [5.41, 5.74) is 0.733. The maximum Gasteiger partial charge on any atom is 0.270 e. The van der Waals surface area contributed by atoms with E-state index in [9.17, 15) is 20.0 Å². The molecule has 1 amide bonds. The van der Waals surface area contributed by atoms with E-state index in [1.54, 1.807) is 13.0 Å². The van der Waals surface area contributed by atoms with Crippen LogP contribution in [0.1, 0.15) is 15.9 Å². The number of non-ortho nitro benzene ring substituents is 1. The molecule has 20 heavy (non-hydrogen) atoms. The van der Waals surface area contributed by atoms with Crippen molar-refractivity contribution in [3.8, 4) is 0 Å². The summed E-state index contributed by atoms with van der Waals surface area (Å²) in [6.45, 7) is 1.89. The lowest BCUT2D eigenvalue weighted by molar-refractivity contribution is -0.384. The molecular formula is C13H18N2O5. The van der Waals surface area contributed by atoms with Crippen LogP contribution in [0.15, 0.2) is 18.2 Å². The van der Waals surface area contributed by atoms with Gasteiger partial charge in [0.25, 0.3) is 11.6 Å². The van der Waals surface area contributed by atoms with Gasteiger partial charge in [-0.05, 0) is 18.6 Å². The Morgan fingerprint density at radius 3 is 2.70 bits per heavy atom. The summed E-state index contributed by atoms with van der Waals surface area (Å²) in [6.07, 6.45) is -0.797. The maximum atomic E-state index is 12.2. The second-order valence-corrected chi connectivity index (χ2v) is 4.61. The van der Waals surface area contributed by atoms with Crippen LogP contribution in [-0.4, -0.2) is 54.3 Å². The van der Waals surface area contributed by atoms with E-state index in [0.717, 1.165) is 0 Å². The van der Waals surface area contributed by atoms with Gasteiger partial charge in [0, 0.05) is 38.4 Å². The van der Waals surface area contributed by atoms with Crippen LogP contribution in [0.4, 0.5) is 5.69 Å². The van der Waals surface area contributed by atoms with E-state index >= 15 is 0 Å². The number of amides is 1. The van der Waals surface area contributed by atoms with Gasteiger partial charge in [0.15, 0.2) is 0 Å². The van der Waals surface area contributed by atoms with E-state index in [0.29, 0.717) is 5.56 Å². The van der Waals surface area contributed by atoms with Gasteiger partial charge in [-0.2, -0.15) is 0 Å². The number of rotatable bonds is 6. The number of methoxy groups -OCH3 is 1. The fourth-order valence-electron chi connectivity index (χ4n) is 1.86. The highest BCUT2D eigenvalue weighted by atomic mass is 16.6. The smallest absolute Gasteiger partial charge is 0.270 e. The first kappa shape index (κ1) is 16.1. The molecule has 0 aliphatic carbocycles. The van der Waals surface area contributed by atoms with Crippen LogP contribution in [-0.2, 0) is 4.74 Å². The molecule has 1 aromatic carbocycles. The predicted molar refractivity (Wildman–Crippen MR) is 72.7 cm³/mol. The van der Waals surface area contributed by atoms with Crippen molar-refractivity contribution in [3.05, 3.63) is 39.4 Å². The second kappa shape index (κ2) is 6.97. The molecule has 1 aromatic rings. The van der Waals surface area contributed by atoms with Crippen LogP contribution in [0.25, 0.3) is 0 Å². The standard InChI is InChI=1S/C13H18N2O5/c1-9-4-10(6-11(5-9)15(18)19)13(17)14(2)7-12(16)8-20-3/h4-6,12,16H,7-8H2,1-3H3. The lowest BCUT2D eigenvalue weighted by atomic mass is 10.1. The van der Waals surface area contributed by atoms with E-state index in [2.05, 4.69) is 0 Å². The summed E-state index contributed by atoms with van der Waals surface area (Å²) in [6, 6.07) is 4.21. The zero-order valence-electron chi connectivity index (χ0n) is 11.7. The van der Waals surface area contributed by atoms with Crippen molar-refractivity contribution in [1.29, 1.82) is 0 Å². The van der Waals surface area contributed by atoms with E-state index in [1.165, 1.54) is 31.2 Å². The van der Waals surface area contributed by atoms with Crippen molar-refractivity contribution in [3.63, 3.8) is 0 Å². The Balaban J connectivity index is 2.88. The number of hydrogen-bond acceptors (Lipinski definition) is 5. The van der Waals surface area contributed by atoms with Crippen LogP contribution >= 0.6 is 0 Å². The third-order valence-electron chi connectivity index (χ3n) is 2.71. The van der Waals surface area contributed by atoms with Gasteiger partial charge in [0.2, 0.25) is 0 Å². The molecule has 0 aliphatic rings. The Hall–Kier alpha value is -1.99. The average molecular weight is 282 g/mol. The number of ether oxygens (including phenoxy) is 1. The van der Waals surface area contributed by atoms with Gasteiger partial charge in [-0.1, -0.05) is 0 Å². The van der Waals surface area contributed by atoms with Crippen molar-refractivity contribution in [2.24, 2.45) is 0 Å². The Kier molecular flexibility index (Phi) is 5.60. The summed E-state index contributed by atoms with van der Waals surface area (Å²) in [7, 11) is 2.98. The number of aliphatic hydroxyl groups excluding tert-OH is 1. The van der Waals surface area contributed by atoms with Crippen LogP contribution in [0.2, 0.25) is 0 Å². The van der Waals surface area contributed by atoms with Crippen LogP contribution in [0.3, 0.4) is 0 Å². The van der Waals surface area contributed by atoms with E-state index in [1.807, 2.05) is 0 Å². The Labute approximate surface area is 116 Å². The largest absolute Gasteiger partial charge is 0.389 e. The number of hydrogen-bond donors (Lipinski definition) is 1. The lowest BCUT2D eigenvalue weighted by Crippen LogP contribution is -2.36. The second-order valence-electron chi connectivity index (χ2n) is 4.61. The molecule has 0 saturated heterocycles. The van der Waals surface area contributed by atoms with Gasteiger partial charge in [-0.25, -0.2) is 0 Å². The summed E-state index contributed by atoms with van der Waals surface area (Å²) >= 11 is 0. The number of carbonyl (C=O) groups excluding carboxylic acids is 1. The summed E-state index contributed by atoms with van der Waals surface area (Å²) in [5, 5.41) is 20.4. The van der Waals surface area contributed by atoms with E-state index < -0.39 is 11.0 Å². The van der Waals surface area contributed by atoms with Crippen LogP contribution in [0, 0.1) is 17.0 Å². The molecule has 0 radical (unpaired) electrons. The number of likely N-dealkylation sites (N-methyl/N-ethyl adjacent to an activating group) is 1. The maximum absolute atomic E-state index is 12.2. The zero-order chi connectivity index (χ0) is 15.3. The molecule has 0 aromatic heterocycles. The number of nitrogens with zero attached hydrogens (tertiary/aromatic N) is 2. The minimum absolute atomic E-state index is 0.0917. The fraction of sp³-hybridized carbons (Fsp3) is 0.462. The highest BCUT2D eigenvalue weighted by Gasteiger charge is 2.18. The molecule has 1 unspecified atom stereocenters. The molecule has 0 aliphatic heterocycles. The first-order chi connectivity index (χ1) is 9.35. The molecular weight excluding hydrogens is 264 g/mol. The van der Waals surface area contributed by atoms with Gasteiger partial charge < -0.3 is 14.7 Å². The molecule has 1 rings (SSSR count). The van der Waals surface area contributed by atoms with Crippen LogP contribution in [0.5, 0.6) is 0 Å². The molecule has 0 saturated carbocycles. The molecule has 7 heteroatoms. The highest BCUT2D eigenvalue weighted by Crippen LogP contribution is 2.18. The first-order valence-corrected chi connectivity index (χ1v) is 6.03. The van der Waals surface area contributed by atoms with E-state index in [-0.39, 0.29) is 30.3 Å². The third-order valence-corrected chi connectivity index (χ3v) is 2.71. The van der Waals surface area contributed by atoms with E-state index in [4.69, 9.17) is 4.74 Å². The monoisotopic (exact) mass is 282 g/mol. The average Bonchev–Trinajstić information content (AvgIpc) is 2.37. The molecule has 1 atom stereocenters. The van der Waals surface area contributed by atoms with Crippen molar-refractivity contribution in [1.82, 2.24) is 4.90 Å². The fourth-order valence-corrected chi connectivity index (χ4v) is 1.86. The number of carbonyl (C=O) groups is 1. The van der Waals surface area contributed by atoms with Gasteiger partial charge in [0.1, 0.15) is 0 Å². The summed E-state index contributed by atoms with van der Waals surface area (Å²) < 4.78 is 4.78. The Bertz CT molecular complexity index is 504. The Morgan fingerprint density at radius 2 is 2.15 bits per heavy atom. The molecule has 1 N–H and O–H groups in total. The molecule has 0 heterocycles. The Morgan fingerprint density at radius 1 is 1.50 bits per heavy atom. The lowest BCUT2D eigenvalue weighted by Gasteiger charge is -2.20. The van der Waals surface area contributed by atoms with Gasteiger partial charge in [0.05, 0.1) is 17.6 Å². The normalized spacial score (nSPS) is 12.0. The molecule has 0 fully saturated rings. The van der Waals surface area contributed by atoms with Crippen molar-refractivity contribution >= 4 is 11.6 Å².